The Bertz CT molecular complexity index is 244. The molecule has 0 N–H and O–H groups in total. The molecule has 1 heteroatoms. The van der Waals surface area contributed by atoms with E-state index in [2.05, 4.69) is 51.0 Å². The lowest BCUT2D eigenvalue weighted by atomic mass is 10.1. The van der Waals surface area contributed by atoms with Crippen molar-refractivity contribution in [2.75, 3.05) is 0 Å². The third kappa shape index (κ3) is 5.87. The normalized spacial score (nSPS) is 13.6. The van der Waals surface area contributed by atoms with Crippen LogP contribution in [0, 0.1) is 0 Å². The van der Waals surface area contributed by atoms with Crippen LogP contribution in [-0.2, 0) is 0 Å². The topological polar surface area (TPSA) is 0 Å². The van der Waals surface area contributed by atoms with E-state index in [1.807, 2.05) is 5.41 Å². The Kier molecular flexibility index (Phi) is 8.45. The van der Waals surface area contributed by atoms with Crippen molar-refractivity contribution in [1.29, 1.82) is 0 Å². The van der Waals surface area contributed by atoms with Crippen LogP contribution >= 0.6 is 11.8 Å². The second-order valence-corrected chi connectivity index (χ2v) is 3.83. The van der Waals surface area contributed by atoms with E-state index in [0.717, 1.165) is 12.8 Å². The molecular weight excluding hydrogens is 188 g/mol. The maximum Gasteiger partial charge on any atom is -0.0216 e. The molecule has 0 aliphatic rings. The zero-order valence-electron chi connectivity index (χ0n) is 9.42. The summed E-state index contributed by atoms with van der Waals surface area (Å²) in [5, 5.41) is 3.99. The summed E-state index contributed by atoms with van der Waals surface area (Å²) in [7, 11) is 0. The van der Waals surface area contributed by atoms with Gasteiger partial charge in [-0.05, 0) is 41.7 Å². The van der Waals surface area contributed by atoms with E-state index in [0.29, 0.717) is 0 Å². The van der Waals surface area contributed by atoms with Crippen molar-refractivity contribution >= 4 is 11.8 Å². The molecule has 0 rings (SSSR count). The molecule has 0 amide bonds. The van der Waals surface area contributed by atoms with Gasteiger partial charge in [0.25, 0.3) is 0 Å². The first-order valence-electron chi connectivity index (χ1n) is 5.05. The molecule has 0 nitrogen and oxygen atoms in total. The van der Waals surface area contributed by atoms with Gasteiger partial charge in [-0.25, -0.2) is 0 Å². The summed E-state index contributed by atoms with van der Waals surface area (Å²) in [4.78, 5) is 0. The molecule has 0 saturated heterocycles. The fraction of sp³-hybridized carbons (Fsp3) is 0.385. The lowest BCUT2D eigenvalue weighted by Crippen LogP contribution is -1.81. The van der Waals surface area contributed by atoms with Crippen molar-refractivity contribution in [2.24, 2.45) is 0 Å². The molecule has 0 saturated carbocycles. The van der Waals surface area contributed by atoms with Crippen molar-refractivity contribution < 1.29 is 0 Å². The fourth-order valence-electron chi connectivity index (χ4n) is 1.07. The first-order valence-corrected chi connectivity index (χ1v) is 5.99. The minimum atomic E-state index is 1.08. The summed E-state index contributed by atoms with van der Waals surface area (Å²) in [6.07, 6.45) is 8.67. The quantitative estimate of drug-likeness (QED) is 0.549. The van der Waals surface area contributed by atoms with E-state index in [9.17, 15) is 0 Å². The van der Waals surface area contributed by atoms with E-state index in [-0.39, 0.29) is 0 Å². The van der Waals surface area contributed by atoms with Gasteiger partial charge in [-0.1, -0.05) is 38.7 Å². The second-order valence-electron chi connectivity index (χ2n) is 2.99. The van der Waals surface area contributed by atoms with Gasteiger partial charge in [-0.15, -0.1) is 11.8 Å². The van der Waals surface area contributed by atoms with Gasteiger partial charge in [0.1, 0.15) is 0 Å². The highest BCUT2D eigenvalue weighted by molar-refractivity contribution is 8.04. The Morgan fingerprint density at radius 1 is 1.36 bits per heavy atom. The molecule has 0 aliphatic carbocycles. The molecule has 0 aromatic heterocycles. The standard InChI is InChI=1S/C13H20S/c1-5-8-9-10-13(6-2)12(4)11-14-7-3/h7-11H,3,5-6H2,1-2,4H3/b9-8-,12-11+,13-10-. The molecule has 14 heavy (non-hydrogen) atoms. The molecule has 0 heterocycles. The molecule has 0 aromatic rings. The Morgan fingerprint density at radius 3 is 2.57 bits per heavy atom. The highest BCUT2D eigenvalue weighted by atomic mass is 32.2. The van der Waals surface area contributed by atoms with Gasteiger partial charge >= 0.3 is 0 Å². The number of hydrogen-bond donors (Lipinski definition) is 0. The number of allylic oxidation sites excluding steroid dienone is 5. The van der Waals surface area contributed by atoms with Crippen LogP contribution in [0.1, 0.15) is 33.6 Å². The first kappa shape index (κ1) is 13.3. The van der Waals surface area contributed by atoms with Crippen molar-refractivity contribution in [3.63, 3.8) is 0 Å². The Balaban J connectivity index is 4.45. The predicted molar refractivity (Wildman–Crippen MR) is 69.4 cm³/mol. The number of thioether (sulfide) groups is 1. The lowest BCUT2D eigenvalue weighted by molar-refractivity contribution is 1.11. The average molecular weight is 208 g/mol. The highest BCUT2D eigenvalue weighted by Crippen LogP contribution is 2.17. The van der Waals surface area contributed by atoms with Crippen molar-refractivity contribution in [1.82, 2.24) is 0 Å². The Morgan fingerprint density at radius 2 is 2.07 bits per heavy atom. The van der Waals surface area contributed by atoms with Gasteiger partial charge in [0, 0.05) is 0 Å². The Hall–Kier alpha value is -0.690. The zero-order valence-corrected chi connectivity index (χ0v) is 10.2. The van der Waals surface area contributed by atoms with Crippen molar-refractivity contribution in [2.45, 2.75) is 33.6 Å². The average Bonchev–Trinajstić information content (AvgIpc) is 2.21. The molecule has 78 valence electrons. The minimum Gasteiger partial charge on any atom is -0.106 e. The van der Waals surface area contributed by atoms with Crippen LogP contribution in [0.25, 0.3) is 0 Å². The minimum absolute atomic E-state index is 1.08. The summed E-state index contributed by atoms with van der Waals surface area (Å²) in [6, 6.07) is 0. The van der Waals surface area contributed by atoms with Gasteiger partial charge in [0.05, 0.1) is 0 Å². The Labute approximate surface area is 92.5 Å². The van der Waals surface area contributed by atoms with E-state index in [4.69, 9.17) is 0 Å². The third-order valence-electron chi connectivity index (χ3n) is 1.90. The van der Waals surface area contributed by atoms with Gasteiger partial charge < -0.3 is 0 Å². The molecule has 0 spiro atoms. The van der Waals surface area contributed by atoms with Gasteiger partial charge in [0.15, 0.2) is 0 Å². The third-order valence-corrected chi connectivity index (χ3v) is 2.58. The maximum atomic E-state index is 3.68. The maximum absolute atomic E-state index is 3.68. The van der Waals surface area contributed by atoms with Crippen LogP contribution in [0.5, 0.6) is 0 Å². The van der Waals surface area contributed by atoms with E-state index >= 15 is 0 Å². The molecule has 0 fully saturated rings. The SMILES string of the molecule is C=CS/C=C(C)/C(=C\C=C/CC)CC. The van der Waals surface area contributed by atoms with Gasteiger partial charge in [-0.3, -0.25) is 0 Å². The monoisotopic (exact) mass is 208 g/mol. The lowest BCUT2D eigenvalue weighted by Gasteiger charge is -2.02. The summed E-state index contributed by atoms with van der Waals surface area (Å²) in [6.45, 7) is 10.1. The second kappa shape index (κ2) is 8.89. The summed E-state index contributed by atoms with van der Waals surface area (Å²) < 4.78 is 0. The van der Waals surface area contributed by atoms with Crippen LogP contribution < -0.4 is 0 Å². The molecule has 0 radical (unpaired) electrons. The first-order chi connectivity index (χ1) is 6.76. The van der Waals surface area contributed by atoms with Crippen molar-refractivity contribution in [3.05, 3.63) is 46.8 Å². The van der Waals surface area contributed by atoms with Crippen LogP contribution in [-0.4, -0.2) is 0 Å². The van der Waals surface area contributed by atoms with Crippen LogP contribution in [0.4, 0.5) is 0 Å². The van der Waals surface area contributed by atoms with Gasteiger partial charge in [-0.2, -0.15) is 0 Å². The fourth-order valence-corrected chi connectivity index (χ4v) is 1.53. The molecule has 0 unspecified atom stereocenters. The molecule has 0 aromatic carbocycles. The predicted octanol–water partition coefficient (Wildman–Crippen LogP) is 5.07. The smallest absolute Gasteiger partial charge is 0.0216 e. The number of rotatable bonds is 6. The molecule has 0 atom stereocenters. The van der Waals surface area contributed by atoms with Crippen LogP contribution in [0.2, 0.25) is 0 Å². The van der Waals surface area contributed by atoms with Crippen molar-refractivity contribution in [3.8, 4) is 0 Å². The molecular formula is C13H20S. The molecule has 0 aliphatic heterocycles. The van der Waals surface area contributed by atoms with E-state index < -0.39 is 0 Å². The highest BCUT2D eigenvalue weighted by Gasteiger charge is 1.94. The molecule has 0 bridgehead atoms. The van der Waals surface area contributed by atoms with Crippen LogP contribution in [0.15, 0.2) is 46.8 Å². The summed E-state index contributed by atoms with van der Waals surface area (Å²) >= 11 is 1.64. The van der Waals surface area contributed by atoms with Gasteiger partial charge in [0.2, 0.25) is 0 Å². The zero-order chi connectivity index (χ0) is 10.8. The van der Waals surface area contributed by atoms with E-state index in [1.165, 1.54) is 11.1 Å². The largest absolute Gasteiger partial charge is 0.106 e. The summed E-state index contributed by atoms with van der Waals surface area (Å²) in [5.74, 6) is 0. The number of hydrogen-bond acceptors (Lipinski definition) is 1. The van der Waals surface area contributed by atoms with E-state index in [1.54, 1.807) is 11.8 Å². The van der Waals surface area contributed by atoms with Crippen LogP contribution in [0.3, 0.4) is 0 Å². The summed E-state index contributed by atoms with van der Waals surface area (Å²) in [5.41, 5.74) is 2.72.